The molecule has 124 valence electrons. The Morgan fingerprint density at radius 3 is 2.52 bits per heavy atom. The van der Waals surface area contributed by atoms with E-state index in [0.717, 1.165) is 17.7 Å². The number of rotatable bonds is 2. The average Bonchev–Trinajstić information content (AvgIpc) is 2.68. The molecule has 6 heteroatoms. The number of fused-ring (bicyclic) bond motifs is 1. The Labute approximate surface area is 147 Å². The summed E-state index contributed by atoms with van der Waals surface area (Å²) in [7, 11) is 0. The second-order valence-electron chi connectivity index (χ2n) is 6.29. The molecule has 0 bridgehead atoms. The van der Waals surface area contributed by atoms with Crippen LogP contribution in [0.4, 0.5) is 0 Å². The monoisotopic (exact) mass is 330 g/mol. The van der Waals surface area contributed by atoms with Crippen molar-refractivity contribution in [2.24, 2.45) is 17.1 Å². The topological polar surface area (TPSA) is 114 Å². The van der Waals surface area contributed by atoms with Crippen molar-refractivity contribution in [1.29, 1.82) is 15.8 Å². The highest BCUT2D eigenvalue weighted by Crippen LogP contribution is 2.52. The Balaban J connectivity index is 2.29. The number of pyridine rings is 1. The maximum absolute atomic E-state index is 9.78. The molecular weight excluding hydrogens is 312 g/mol. The van der Waals surface area contributed by atoms with Gasteiger partial charge in [0.2, 0.25) is 5.41 Å². The Bertz CT molecular complexity index is 848. The second-order valence-corrected chi connectivity index (χ2v) is 6.29. The lowest BCUT2D eigenvalue weighted by Gasteiger charge is -2.44. The summed E-state index contributed by atoms with van der Waals surface area (Å²) in [4.78, 5) is 6.28. The van der Waals surface area contributed by atoms with Gasteiger partial charge in [-0.15, -0.1) is 0 Å². The van der Waals surface area contributed by atoms with Crippen molar-refractivity contribution < 1.29 is 0 Å². The van der Waals surface area contributed by atoms with Gasteiger partial charge in [-0.25, -0.2) is 0 Å². The van der Waals surface area contributed by atoms with Gasteiger partial charge in [0.15, 0.2) is 0 Å². The molecule has 0 amide bonds. The highest BCUT2D eigenvalue weighted by atomic mass is 15.1. The maximum atomic E-state index is 9.78. The van der Waals surface area contributed by atoms with E-state index in [-0.39, 0.29) is 17.5 Å². The highest BCUT2D eigenvalue weighted by Gasteiger charge is 2.52. The van der Waals surface area contributed by atoms with Gasteiger partial charge in [-0.2, -0.15) is 15.8 Å². The van der Waals surface area contributed by atoms with Gasteiger partial charge in [0, 0.05) is 37.3 Å². The van der Waals surface area contributed by atoms with Crippen LogP contribution in [0.2, 0.25) is 0 Å². The van der Waals surface area contributed by atoms with E-state index < -0.39 is 5.41 Å². The molecule has 0 spiro atoms. The van der Waals surface area contributed by atoms with E-state index in [4.69, 9.17) is 5.73 Å². The van der Waals surface area contributed by atoms with Crippen LogP contribution in [-0.2, 0) is 0 Å². The zero-order valence-corrected chi connectivity index (χ0v) is 14.0. The third-order valence-electron chi connectivity index (χ3n) is 5.23. The molecule has 0 fully saturated rings. The molecule has 0 saturated carbocycles. The van der Waals surface area contributed by atoms with Crippen LogP contribution in [0.25, 0.3) is 0 Å². The number of nitrogens with two attached hydrogens (primary N) is 1. The Morgan fingerprint density at radius 1 is 1.28 bits per heavy atom. The van der Waals surface area contributed by atoms with Crippen LogP contribution in [0.1, 0.15) is 18.4 Å². The average molecular weight is 330 g/mol. The number of allylic oxidation sites excluding steroid dienone is 2. The fourth-order valence-corrected chi connectivity index (χ4v) is 3.90. The molecule has 0 aromatic carbocycles. The summed E-state index contributed by atoms with van der Waals surface area (Å²) in [5, 5.41) is 29.3. The maximum Gasteiger partial charge on any atom is 0.204 e. The smallest absolute Gasteiger partial charge is 0.204 e. The number of likely N-dealkylation sites (N-methyl/N-ethyl adjacent to an activating group) is 1. The molecule has 1 aliphatic heterocycles. The number of nitriles is 3. The van der Waals surface area contributed by atoms with E-state index >= 15 is 0 Å². The summed E-state index contributed by atoms with van der Waals surface area (Å²) in [6, 6.07) is 10.1. The quantitative estimate of drug-likeness (QED) is 0.827. The van der Waals surface area contributed by atoms with E-state index in [2.05, 4.69) is 35.0 Å². The first-order valence-electron chi connectivity index (χ1n) is 8.18. The Morgan fingerprint density at radius 2 is 1.96 bits per heavy atom. The number of hydrogen-bond donors (Lipinski definition) is 1. The van der Waals surface area contributed by atoms with E-state index in [1.165, 1.54) is 0 Å². The molecule has 2 N–H and O–H groups in total. The minimum Gasteiger partial charge on any atom is -0.399 e. The SMILES string of the molecule is CCN1CC=C2[C@@H](C1)[C@H](c1ccncc1)C(C#N)=C(N)C2(C#N)C#N. The van der Waals surface area contributed by atoms with Crippen molar-refractivity contribution in [3.05, 3.63) is 53.0 Å². The van der Waals surface area contributed by atoms with Crippen LogP contribution in [0.15, 0.2) is 47.4 Å². The summed E-state index contributed by atoms with van der Waals surface area (Å²) < 4.78 is 0. The molecule has 1 aliphatic carbocycles. The van der Waals surface area contributed by atoms with E-state index in [1.54, 1.807) is 12.4 Å². The van der Waals surface area contributed by atoms with Gasteiger partial charge >= 0.3 is 0 Å². The lowest BCUT2D eigenvalue weighted by atomic mass is 9.60. The van der Waals surface area contributed by atoms with Crippen molar-refractivity contribution in [1.82, 2.24) is 9.88 Å². The minimum absolute atomic E-state index is 0.0641. The first-order valence-corrected chi connectivity index (χ1v) is 8.18. The molecule has 0 unspecified atom stereocenters. The lowest BCUT2D eigenvalue weighted by Crippen LogP contribution is -2.47. The summed E-state index contributed by atoms with van der Waals surface area (Å²) in [5.74, 6) is -0.416. The third kappa shape index (κ3) is 2.38. The van der Waals surface area contributed by atoms with Gasteiger partial charge in [-0.05, 0) is 29.8 Å². The minimum atomic E-state index is -1.56. The molecule has 0 saturated heterocycles. The van der Waals surface area contributed by atoms with E-state index in [9.17, 15) is 15.8 Å². The van der Waals surface area contributed by atoms with Crippen molar-refractivity contribution >= 4 is 0 Å². The molecule has 25 heavy (non-hydrogen) atoms. The van der Waals surface area contributed by atoms with Crippen LogP contribution in [0.3, 0.4) is 0 Å². The van der Waals surface area contributed by atoms with Crippen LogP contribution in [-0.4, -0.2) is 29.5 Å². The van der Waals surface area contributed by atoms with Crippen molar-refractivity contribution in [3.8, 4) is 18.2 Å². The van der Waals surface area contributed by atoms with Gasteiger partial charge in [0.05, 0.1) is 29.5 Å². The van der Waals surface area contributed by atoms with Gasteiger partial charge in [-0.1, -0.05) is 13.0 Å². The second kappa shape index (κ2) is 6.40. The number of nitrogens with zero attached hydrogens (tertiary/aromatic N) is 5. The van der Waals surface area contributed by atoms with Crippen molar-refractivity contribution in [2.45, 2.75) is 12.8 Å². The lowest BCUT2D eigenvalue weighted by molar-refractivity contribution is 0.234. The fourth-order valence-electron chi connectivity index (χ4n) is 3.90. The normalized spacial score (nSPS) is 25.1. The standard InChI is InChI=1S/C19H18N6/c1-2-25-8-5-16-15(10-25)17(13-3-6-24-7-4-13)14(9-20)18(23)19(16,11-21)12-22/h3-7,15,17H,2,8,10,23H2,1H3/t15-,17-/m1/s1. The highest BCUT2D eigenvalue weighted by molar-refractivity contribution is 5.58. The summed E-state index contributed by atoms with van der Waals surface area (Å²) in [6.45, 7) is 4.28. The summed E-state index contributed by atoms with van der Waals surface area (Å²) in [5.41, 5.74) is 6.70. The van der Waals surface area contributed by atoms with Gasteiger partial charge in [-0.3, -0.25) is 9.88 Å². The first-order chi connectivity index (χ1) is 12.1. The van der Waals surface area contributed by atoms with Gasteiger partial charge in [0.25, 0.3) is 0 Å². The molecular formula is C19H18N6. The van der Waals surface area contributed by atoms with Crippen LogP contribution < -0.4 is 5.73 Å². The van der Waals surface area contributed by atoms with E-state index in [0.29, 0.717) is 18.7 Å². The third-order valence-corrected chi connectivity index (χ3v) is 5.23. The molecule has 2 heterocycles. The van der Waals surface area contributed by atoms with Crippen LogP contribution in [0, 0.1) is 45.3 Å². The number of aromatic nitrogens is 1. The van der Waals surface area contributed by atoms with Crippen LogP contribution >= 0.6 is 0 Å². The molecule has 2 aliphatic rings. The van der Waals surface area contributed by atoms with Crippen molar-refractivity contribution in [2.75, 3.05) is 19.6 Å². The molecule has 0 radical (unpaired) electrons. The Kier molecular flexibility index (Phi) is 4.28. The molecule has 1 aromatic heterocycles. The Hall–Kier alpha value is -3.14. The predicted octanol–water partition coefficient (Wildman–Crippen LogP) is 1.83. The molecule has 2 atom stereocenters. The van der Waals surface area contributed by atoms with Crippen molar-refractivity contribution in [3.63, 3.8) is 0 Å². The summed E-state index contributed by atoms with van der Waals surface area (Å²) >= 11 is 0. The zero-order chi connectivity index (χ0) is 18.0. The fraction of sp³-hybridized carbons (Fsp3) is 0.368. The number of hydrogen-bond acceptors (Lipinski definition) is 6. The van der Waals surface area contributed by atoms with Gasteiger partial charge in [0.1, 0.15) is 0 Å². The van der Waals surface area contributed by atoms with E-state index in [1.807, 2.05) is 18.2 Å². The predicted molar refractivity (Wildman–Crippen MR) is 91.2 cm³/mol. The largest absolute Gasteiger partial charge is 0.399 e. The molecule has 3 rings (SSSR count). The van der Waals surface area contributed by atoms with Crippen LogP contribution in [0.5, 0.6) is 0 Å². The first kappa shape index (κ1) is 16.7. The summed E-state index contributed by atoms with van der Waals surface area (Å²) in [6.07, 6.45) is 5.31. The molecule has 1 aromatic rings. The zero-order valence-electron chi connectivity index (χ0n) is 14.0. The molecule has 6 nitrogen and oxygen atoms in total. The van der Waals surface area contributed by atoms with Gasteiger partial charge < -0.3 is 5.73 Å².